The monoisotopic (exact) mass is 476 g/mol. The molecule has 1 amide bonds. The molecule has 2 aromatic carbocycles. The van der Waals surface area contributed by atoms with E-state index >= 15 is 0 Å². The number of nitrogens with zero attached hydrogens (tertiary/aromatic N) is 6. The molecule has 1 saturated heterocycles. The Bertz CT molecular complexity index is 1460. The number of anilines is 1. The van der Waals surface area contributed by atoms with Crippen molar-refractivity contribution in [2.45, 2.75) is 20.4 Å². The van der Waals surface area contributed by atoms with Crippen LogP contribution < -0.4 is 15.3 Å². The molecule has 1 fully saturated rings. The zero-order chi connectivity index (χ0) is 24.5. The molecule has 0 radical (unpaired) electrons. The number of piperazine rings is 1. The van der Waals surface area contributed by atoms with Gasteiger partial charge in [0.2, 0.25) is 11.6 Å². The number of para-hydroxylation sites is 1. The number of rotatable bonds is 5. The van der Waals surface area contributed by atoms with E-state index in [1.807, 2.05) is 36.9 Å². The molecule has 3 heterocycles. The molecule has 9 nitrogen and oxygen atoms in total. The fraction of sp³-hybridized carbons (Fsp3) is 0.280. The van der Waals surface area contributed by atoms with E-state index in [1.165, 1.54) is 22.9 Å². The molecule has 180 valence electrons. The summed E-state index contributed by atoms with van der Waals surface area (Å²) in [5.41, 5.74) is 2.34. The average Bonchev–Trinajstić information content (AvgIpc) is 3.18. The summed E-state index contributed by atoms with van der Waals surface area (Å²) < 4.78 is 22.5. The molecule has 0 N–H and O–H groups in total. The number of hydrogen-bond donors (Lipinski definition) is 0. The molecule has 0 bridgehead atoms. The number of carbonyl (C=O) groups excluding carboxylic acids is 1. The summed E-state index contributed by atoms with van der Waals surface area (Å²) in [7, 11) is 0. The third-order valence-corrected chi connectivity index (χ3v) is 6.34. The van der Waals surface area contributed by atoms with E-state index in [-0.39, 0.29) is 29.8 Å². The molecular weight excluding hydrogens is 451 g/mol. The number of halogens is 1. The quantitative estimate of drug-likeness (QED) is 0.441. The fourth-order valence-electron chi connectivity index (χ4n) is 4.17. The third kappa shape index (κ3) is 4.34. The Morgan fingerprint density at radius 2 is 1.83 bits per heavy atom. The highest BCUT2D eigenvalue weighted by Crippen LogP contribution is 2.27. The number of fused-ring (bicyclic) bond motifs is 1. The molecule has 1 aliphatic heterocycles. The second-order valence-electron chi connectivity index (χ2n) is 8.49. The molecule has 0 spiro atoms. The van der Waals surface area contributed by atoms with Gasteiger partial charge in [0.05, 0.1) is 5.69 Å². The summed E-state index contributed by atoms with van der Waals surface area (Å²) in [4.78, 5) is 33.7. The van der Waals surface area contributed by atoms with Crippen molar-refractivity contribution in [3.05, 3.63) is 82.3 Å². The second-order valence-corrected chi connectivity index (χ2v) is 8.49. The highest BCUT2D eigenvalue weighted by atomic mass is 19.1. The third-order valence-electron chi connectivity index (χ3n) is 6.34. The lowest BCUT2D eigenvalue weighted by Crippen LogP contribution is -2.50. The number of hydrogen-bond acceptors (Lipinski definition) is 6. The van der Waals surface area contributed by atoms with Crippen molar-refractivity contribution in [3.8, 4) is 11.6 Å². The van der Waals surface area contributed by atoms with Crippen molar-refractivity contribution in [1.29, 1.82) is 0 Å². The molecule has 0 unspecified atom stereocenters. The molecule has 2 aromatic heterocycles. The summed E-state index contributed by atoms with van der Waals surface area (Å²) in [6, 6.07) is 12.3. The van der Waals surface area contributed by atoms with Gasteiger partial charge >= 0.3 is 5.69 Å². The Morgan fingerprint density at radius 3 is 2.60 bits per heavy atom. The van der Waals surface area contributed by atoms with Gasteiger partial charge in [-0.25, -0.2) is 23.3 Å². The van der Waals surface area contributed by atoms with Crippen molar-refractivity contribution in [2.24, 2.45) is 0 Å². The lowest BCUT2D eigenvalue weighted by Gasteiger charge is -2.36. The Morgan fingerprint density at radius 1 is 1.06 bits per heavy atom. The predicted octanol–water partition coefficient (Wildman–Crippen LogP) is 2.79. The smallest absolute Gasteiger partial charge is 0.351 e. The lowest BCUT2D eigenvalue weighted by atomic mass is 10.1. The molecular formula is C25H25FN6O3. The van der Waals surface area contributed by atoms with Crippen molar-refractivity contribution in [3.63, 3.8) is 0 Å². The van der Waals surface area contributed by atoms with E-state index in [9.17, 15) is 14.0 Å². The number of amides is 1. The first-order chi connectivity index (χ1) is 16.9. The standard InChI is InChI=1S/C25H25FN6O3/c1-17-6-5-9-21(18(17)2)35-24-23-28-32(25(34)31(23)11-10-27-24)16-22(33)30-14-12-29(13-15-30)20-8-4-3-7-19(20)26/h3-11H,12-16H2,1-2H3. The molecule has 5 rings (SSSR count). The first kappa shape index (κ1) is 22.6. The lowest BCUT2D eigenvalue weighted by molar-refractivity contribution is -0.132. The van der Waals surface area contributed by atoms with Gasteiger partial charge < -0.3 is 14.5 Å². The number of aryl methyl sites for hydroxylation is 1. The molecule has 0 saturated carbocycles. The summed E-state index contributed by atoms with van der Waals surface area (Å²) in [5, 5.41) is 4.34. The topological polar surface area (TPSA) is 85.0 Å². The van der Waals surface area contributed by atoms with Crippen LogP contribution in [-0.4, -0.2) is 56.2 Å². The van der Waals surface area contributed by atoms with Gasteiger partial charge in [-0.15, -0.1) is 5.10 Å². The van der Waals surface area contributed by atoms with Crippen LogP contribution in [0.3, 0.4) is 0 Å². The van der Waals surface area contributed by atoms with Gasteiger partial charge in [-0.2, -0.15) is 0 Å². The zero-order valence-corrected chi connectivity index (χ0v) is 19.5. The van der Waals surface area contributed by atoms with Crippen LogP contribution in [0.4, 0.5) is 10.1 Å². The van der Waals surface area contributed by atoms with Crippen LogP contribution in [0.25, 0.3) is 5.65 Å². The minimum absolute atomic E-state index is 0.183. The number of carbonyl (C=O) groups is 1. The van der Waals surface area contributed by atoms with Crippen LogP contribution in [0, 0.1) is 19.7 Å². The largest absolute Gasteiger partial charge is 0.436 e. The Kier molecular flexibility index (Phi) is 5.94. The number of aromatic nitrogens is 4. The molecule has 10 heteroatoms. The van der Waals surface area contributed by atoms with Gasteiger partial charge in [-0.05, 0) is 43.2 Å². The van der Waals surface area contributed by atoms with Gasteiger partial charge in [0.1, 0.15) is 18.1 Å². The first-order valence-corrected chi connectivity index (χ1v) is 11.4. The van der Waals surface area contributed by atoms with E-state index in [2.05, 4.69) is 10.1 Å². The van der Waals surface area contributed by atoms with Crippen LogP contribution >= 0.6 is 0 Å². The van der Waals surface area contributed by atoms with Gasteiger partial charge in [0.15, 0.2) is 0 Å². The van der Waals surface area contributed by atoms with E-state index in [1.54, 1.807) is 23.1 Å². The van der Waals surface area contributed by atoms with Crippen LogP contribution in [-0.2, 0) is 11.3 Å². The van der Waals surface area contributed by atoms with Crippen LogP contribution in [0.1, 0.15) is 11.1 Å². The summed E-state index contributed by atoms with van der Waals surface area (Å²) in [6.45, 7) is 5.59. The Hall–Kier alpha value is -4.21. The first-order valence-electron chi connectivity index (χ1n) is 11.4. The minimum Gasteiger partial charge on any atom is -0.436 e. The maximum atomic E-state index is 14.1. The van der Waals surface area contributed by atoms with Crippen molar-refractivity contribution in [1.82, 2.24) is 24.1 Å². The molecule has 4 aromatic rings. The van der Waals surface area contributed by atoms with Crippen LogP contribution in [0.2, 0.25) is 0 Å². The maximum Gasteiger partial charge on any atom is 0.351 e. The Balaban J connectivity index is 1.32. The summed E-state index contributed by atoms with van der Waals surface area (Å²) >= 11 is 0. The van der Waals surface area contributed by atoms with Crippen LogP contribution in [0.5, 0.6) is 11.6 Å². The predicted molar refractivity (Wildman–Crippen MR) is 128 cm³/mol. The van der Waals surface area contributed by atoms with E-state index in [0.29, 0.717) is 37.6 Å². The Labute approximate surface area is 201 Å². The van der Waals surface area contributed by atoms with E-state index in [4.69, 9.17) is 4.74 Å². The van der Waals surface area contributed by atoms with E-state index < -0.39 is 5.69 Å². The number of benzene rings is 2. The van der Waals surface area contributed by atoms with Gasteiger partial charge in [-0.3, -0.25) is 4.79 Å². The summed E-state index contributed by atoms with van der Waals surface area (Å²) in [6.07, 6.45) is 2.96. The zero-order valence-electron chi connectivity index (χ0n) is 19.5. The molecule has 0 aliphatic carbocycles. The highest BCUT2D eigenvalue weighted by Gasteiger charge is 2.24. The maximum absolute atomic E-state index is 14.1. The van der Waals surface area contributed by atoms with Gasteiger partial charge in [0.25, 0.3) is 5.88 Å². The molecule has 0 atom stereocenters. The molecule has 1 aliphatic rings. The van der Waals surface area contributed by atoms with E-state index in [0.717, 1.165) is 15.8 Å². The highest BCUT2D eigenvalue weighted by molar-refractivity contribution is 5.76. The fourth-order valence-corrected chi connectivity index (χ4v) is 4.17. The average molecular weight is 477 g/mol. The summed E-state index contributed by atoms with van der Waals surface area (Å²) in [5.74, 6) is 0.295. The SMILES string of the molecule is Cc1cccc(Oc2nccn3c(=O)n(CC(=O)N4CCN(c5ccccc5F)CC4)nc23)c1C. The van der Waals surface area contributed by atoms with Crippen molar-refractivity contribution in [2.75, 3.05) is 31.1 Å². The molecule has 35 heavy (non-hydrogen) atoms. The number of ether oxygens (including phenoxy) is 1. The normalized spacial score (nSPS) is 13.9. The van der Waals surface area contributed by atoms with Gasteiger partial charge in [-0.1, -0.05) is 24.3 Å². The van der Waals surface area contributed by atoms with Crippen LogP contribution in [0.15, 0.2) is 59.7 Å². The van der Waals surface area contributed by atoms with Crippen molar-refractivity contribution >= 4 is 17.2 Å². The second kappa shape index (κ2) is 9.21. The van der Waals surface area contributed by atoms with Crippen molar-refractivity contribution < 1.29 is 13.9 Å². The van der Waals surface area contributed by atoms with Gasteiger partial charge in [0, 0.05) is 38.6 Å². The minimum atomic E-state index is -0.452.